The summed E-state index contributed by atoms with van der Waals surface area (Å²) < 4.78 is 5.49. The van der Waals surface area contributed by atoms with Crippen molar-refractivity contribution in [3.05, 3.63) is 0 Å². The lowest BCUT2D eigenvalue weighted by Crippen LogP contribution is -2.40. The van der Waals surface area contributed by atoms with Crippen molar-refractivity contribution in [1.29, 1.82) is 0 Å². The number of nitrogens with one attached hydrogen (secondary N) is 1. The van der Waals surface area contributed by atoms with E-state index in [2.05, 4.69) is 31.1 Å². The van der Waals surface area contributed by atoms with Crippen LogP contribution in [-0.2, 0) is 4.74 Å². The Labute approximate surface area is 94.2 Å². The topological polar surface area (TPSA) is 24.5 Å². The molecule has 0 aliphatic carbocycles. The second kappa shape index (κ2) is 7.20. The zero-order valence-electron chi connectivity index (χ0n) is 10.5. The summed E-state index contributed by atoms with van der Waals surface area (Å²) in [6.07, 6.45) is 2.57. The quantitative estimate of drug-likeness (QED) is 0.722. The first-order chi connectivity index (χ1) is 7.22. The Balaban J connectivity index is 2.13. The Morgan fingerprint density at radius 2 is 2.33 bits per heavy atom. The zero-order chi connectivity index (χ0) is 11.1. The van der Waals surface area contributed by atoms with Crippen LogP contribution in [0.5, 0.6) is 0 Å². The van der Waals surface area contributed by atoms with Gasteiger partial charge in [0.2, 0.25) is 0 Å². The van der Waals surface area contributed by atoms with Crippen molar-refractivity contribution in [2.45, 2.75) is 32.7 Å². The van der Waals surface area contributed by atoms with Crippen LogP contribution in [0, 0.1) is 5.92 Å². The summed E-state index contributed by atoms with van der Waals surface area (Å²) in [5.41, 5.74) is 0. The van der Waals surface area contributed by atoms with Gasteiger partial charge in [-0.3, -0.25) is 0 Å². The summed E-state index contributed by atoms with van der Waals surface area (Å²) in [6, 6.07) is 0.588. The number of ether oxygens (including phenoxy) is 1. The summed E-state index contributed by atoms with van der Waals surface area (Å²) in [6.45, 7) is 9.69. The Morgan fingerprint density at radius 3 is 2.93 bits per heavy atom. The maximum absolute atomic E-state index is 5.49. The molecule has 1 N–H and O–H groups in total. The minimum Gasteiger partial charge on any atom is -0.381 e. The third-order valence-corrected chi connectivity index (χ3v) is 2.96. The van der Waals surface area contributed by atoms with Crippen molar-refractivity contribution < 1.29 is 4.74 Å². The second-order valence-corrected chi connectivity index (χ2v) is 4.76. The molecule has 0 bridgehead atoms. The van der Waals surface area contributed by atoms with Crippen molar-refractivity contribution >= 4 is 0 Å². The number of likely N-dealkylation sites (N-methyl/N-ethyl adjacent to an activating group) is 2. The van der Waals surface area contributed by atoms with Gasteiger partial charge in [0.1, 0.15) is 0 Å². The lowest BCUT2D eigenvalue weighted by Gasteiger charge is -2.28. The average molecular weight is 214 g/mol. The third-order valence-electron chi connectivity index (χ3n) is 2.96. The van der Waals surface area contributed by atoms with E-state index in [-0.39, 0.29) is 0 Å². The Hall–Kier alpha value is -0.120. The molecule has 0 aromatic rings. The van der Waals surface area contributed by atoms with Crippen LogP contribution in [0.2, 0.25) is 0 Å². The smallest absolute Gasteiger partial charge is 0.0506 e. The molecular formula is C12H26N2O. The first-order valence-electron chi connectivity index (χ1n) is 6.22. The van der Waals surface area contributed by atoms with Gasteiger partial charge in [0.25, 0.3) is 0 Å². The molecule has 1 rings (SSSR count). The van der Waals surface area contributed by atoms with E-state index in [4.69, 9.17) is 4.74 Å². The Morgan fingerprint density at radius 1 is 1.53 bits per heavy atom. The van der Waals surface area contributed by atoms with Crippen LogP contribution in [0.3, 0.4) is 0 Å². The molecule has 0 aromatic heterocycles. The average Bonchev–Trinajstić information content (AvgIpc) is 2.19. The molecule has 0 saturated carbocycles. The molecule has 0 aromatic carbocycles. The molecule has 1 aliphatic rings. The largest absolute Gasteiger partial charge is 0.381 e. The fourth-order valence-electron chi connectivity index (χ4n) is 2.35. The van der Waals surface area contributed by atoms with Gasteiger partial charge >= 0.3 is 0 Å². The van der Waals surface area contributed by atoms with Gasteiger partial charge < -0.3 is 15.0 Å². The van der Waals surface area contributed by atoms with E-state index in [1.54, 1.807) is 0 Å². The molecular weight excluding hydrogens is 188 g/mol. The van der Waals surface area contributed by atoms with Crippen molar-refractivity contribution in [3.63, 3.8) is 0 Å². The predicted molar refractivity (Wildman–Crippen MR) is 64.2 cm³/mol. The standard InChI is InChI=1S/C12H26N2O/c1-4-13-11(2)8-14(3)9-12-6-5-7-15-10-12/h11-13H,4-10H2,1-3H3. The van der Waals surface area contributed by atoms with E-state index < -0.39 is 0 Å². The van der Waals surface area contributed by atoms with Gasteiger partial charge in [-0.25, -0.2) is 0 Å². The van der Waals surface area contributed by atoms with Gasteiger partial charge in [0, 0.05) is 25.7 Å². The highest BCUT2D eigenvalue weighted by Gasteiger charge is 2.16. The molecule has 1 heterocycles. The molecule has 2 unspecified atom stereocenters. The van der Waals surface area contributed by atoms with Gasteiger partial charge in [0.05, 0.1) is 6.61 Å². The van der Waals surface area contributed by atoms with Gasteiger partial charge in [-0.05, 0) is 39.3 Å². The minimum atomic E-state index is 0.588. The lowest BCUT2D eigenvalue weighted by molar-refractivity contribution is 0.0412. The molecule has 0 radical (unpaired) electrons. The molecule has 15 heavy (non-hydrogen) atoms. The second-order valence-electron chi connectivity index (χ2n) is 4.76. The van der Waals surface area contributed by atoms with E-state index in [0.717, 1.165) is 32.2 Å². The lowest BCUT2D eigenvalue weighted by atomic mass is 10.0. The summed E-state index contributed by atoms with van der Waals surface area (Å²) in [4.78, 5) is 2.42. The summed E-state index contributed by atoms with van der Waals surface area (Å²) in [7, 11) is 2.21. The SMILES string of the molecule is CCNC(C)CN(C)CC1CCCOC1. The van der Waals surface area contributed by atoms with Crippen LogP contribution in [0.1, 0.15) is 26.7 Å². The third kappa shape index (κ3) is 5.50. The number of rotatable bonds is 6. The number of nitrogens with zero attached hydrogens (tertiary/aromatic N) is 1. The fraction of sp³-hybridized carbons (Fsp3) is 1.00. The highest BCUT2D eigenvalue weighted by Crippen LogP contribution is 2.14. The van der Waals surface area contributed by atoms with Gasteiger partial charge in [0.15, 0.2) is 0 Å². The van der Waals surface area contributed by atoms with Crippen LogP contribution in [0.25, 0.3) is 0 Å². The molecule has 3 heteroatoms. The molecule has 90 valence electrons. The highest BCUT2D eigenvalue weighted by molar-refractivity contribution is 4.70. The summed E-state index contributed by atoms with van der Waals surface area (Å²) in [5, 5.41) is 3.44. The Bertz CT molecular complexity index is 158. The molecule has 1 aliphatic heterocycles. The number of hydrogen-bond donors (Lipinski definition) is 1. The molecule has 0 amide bonds. The van der Waals surface area contributed by atoms with Crippen molar-refractivity contribution in [2.75, 3.05) is 39.9 Å². The minimum absolute atomic E-state index is 0.588. The van der Waals surface area contributed by atoms with E-state index in [1.807, 2.05) is 0 Å². The van der Waals surface area contributed by atoms with E-state index in [9.17, 15) is 0 Å². The van der Waals surface area contributed by atoms with Crippen molar-refractivity contribution in [2.24, 2.45) is 5.92 Å². The first kappa shape index (κ1) is 12.9. The monoisotopic (exact) mass is 214 g/mol. The van der Waals surface area contributed by atoms with Crippen molar-refractivity contribution in [1.82, 2.24) is 10.2 Å². The zero-order valence-corrected chi connectivity index (χ0v) is 10.5. The maximum atomic E-state index is 5.49. The van der Waals surface area contributed by atoms with E-state index >= 15 is 0 Å². The van der Waals surface area contributed by atoms with Crippen LogP contribution in [0.15, 0.2) is 0 Å². The van der Waals surface area contributed by atoms with Crippen LogP contribution >= 0.6 is 0 Å². The van der Waals surface area contributed by atoms with Crippen LogP contribution in [0.4, 0.5) is 0 Å². The predicted octanol–water partition coefficient (Wildman–Crippen LogP) is 1.34. The molecule has 1 fully saturated rings. The molecule has 1 saturated heterocycles. The van der Waals surface area contributed by atoms with Gasteiger partial charge in [-0.2, -0.15) is 0 Å². The summed E-state index contributed by atoms with van der Waals surface area (Å²) in [5.74, 6) is 0.748. The molecule has 2 atom stereocenters. The van der Waals surface area contributed by atoms with E-state index in [1.165, 1.54) is 19.4 Å². The molecule has 3 nitrogen and oxygen atoms in total. The summed E-state index contributed by atoms with van der Waals surface area (Å²) >= 11 is 0. The maximum Gasteiger partial charge on any atom is 0.0506 e. The van der Waals surface area contributed by atoms with Crippen LogP contribution < -0.4 is 5.32 Å². The van der Waals surface area contributed by atoms with E-state index in [0.29, 0.717) is 6.04 Å². The Kier molecular flexibility index (Phi) is 6.22. The first-order valence-corrected chi connectivity index (χ1v) is 6.22. The van der Waals surface area contributed by atoms with Crippen LogP contribution in [-0.4, -0.2) is 50.8 Å². The highest BCUT2D eigenvalue weighted by atomic mass is 16.5. The normalized spacial score (nSPS) is 24.4. The van der Waals surface area contributed by atoms with Gasteiger partial charge in [-0.1, -0.05) is 6.92 Å². The fourth-order valence-corrected chi connectivity index (χ4v) is 2.35. The number of hydrogen-bond acceptors (Lipinski definition) is 3. The van der Waals surface area contributed by atoms with Crippen molar-refractivity contribution in [3.8, 4) is 0 Å². The molecule has 0 spiro atoms. The van der Waals surface area contributed by atoms with Gasteiger partial charge in [-0.15, -0.1) is 0 Å².